The highest BCUT2D eigenvalue weighted by Gasteiger charge is 2.32. The van der Waals surface area contributed by atoms with Crippen LogP contribution in [0.2, 0.25) is 0 Å². The molecule has 1 aliphatic rings. The quantitative estimate of drug-likeness (QED) is 0.510. The molecule has 0 amide bonds. The summed E-state index contributed by atoms with van der Waals surface area (Å²) < 4.78 is 5.16. The Bertz CT molecular complexity index is 308. The van der Waals surface area contributed by atoms with E-state index >= 15 is 0 Å². The summed E-state index contributed by atoms with van der Waals surface area (Å²) in [7, 11) is 1.74. The van der Waals surface area contributed by atoms with E-state index in [-0.39, 0.29) is 0 Å². The van der Waals surface area contributed by atoms with Gasteiger partial charge in [-0.1, -0.05) is 6.92 Å². The summed E-state index contributed by atoms with van der Waals surface area (Å²) in [6, 6.07) is 0.740. The van der Waals surface area contributed by atoms with Gasteiger partial charge in [0, 0.05) is 19.7 Å². The first kappa shape index (κ1) is 18.4. The minimum absolute atomic E-state index is 0.686. The van der Waals surface area contributed by atoms with Crippen LogP contribution < -0.4 is 5.32 Å². The molecule has 5 nitrogen and oxygen atoms in total. The second-order valence-electron chi connectivity index (χ2n) is 6.28. The minimum atomic E-state index is -0.785. The lowest BCUT2D eigenvalue weighted by molar-refractivity contribution is -0.144. The smallest absolute Gasteiger partial charge is 0.323 e. The van der Waals surface area contributed by atoms with Crippen molar-refractivity contribution >= 4 is 5.97 Å². The summed E-state index contributed by atoms with van der Waals surface area (Å²) in [5.74, 6) is -0.741. The molecular formula is C16H32N2O3. The molecule has 5 heteroatoms. The topological polar surface area (TPSA) is 61.8 Å². The number of nitrogens with one attached hydrogen (secondary N) is 1. The van der Waals surface area contributed by atoms with Gasteiger partial charge in [-0.2, -0.15) is 0 Å². The molecule has 1 saturated carbocycles. The second-order valence-corrected chi connectivity index (χ2v) is 6.28. The average Bonchev–Trinajstić information content (AvgIpc) is 3.28. The van der Waals surface area contributed by atoms with Crippen molar-refractivity contribution in [3.8, 4) is 0 Å². The number of nitrogens with zero attached hydrogens (tertiary/aromatic N) is 1. The molecule has 0 aliphatic heterocycles. The highest BCUT2D eigenvalue weighted by atomic mass is 16.5. The molecule has 124 valence electrons. The van der Waals surface area contributed by atoms with Gasteiger partial charge in [0.05, 0.1) is 6.61 Å². The van der Waals surface area contributed by atoms with Crippen LogP contribution in [0.25, 0.3) is 0 Å². The van der Waals surface area contributed by atoms with Crippen LogP contribution in [0.5, 0.6) is 0 Å². The Labute approximate surface area is 129 Å². The summed E-state index contributed by atoms with van der Waals surface area (Å²) in [6.07, 6.45) is 6.23. The monoisotopic (exact) mass is 300 g/mol. The molecule has 0 aromatic rings. The van der Waals surface area contributed by atoms with E-state index in [0.717, 1.165) is 51.5 Å². The molecule has 2 N–H and O–H groups in total. The van der Waals surface area contributed by atoms with Gasteiger partial charge in [0.25, 0.3) is 0 Å². The largest absolute Gasteiger partial charge is 0.480 e. The van der Waals surface area contributed by atoms with Crippen LogP contribution in [-0.4, -0.2) is 60.9 Å². The van der Waals surface area contributed by atoms with E-state index < -0.39 is 11.5 Å². The number of rotatable bonds is 13. The summed E-state index contributed by atoms with van der Waals surface area (Å²) in [6.45, 7) is 7.43. The van der Waals surface area contributed by atoms with E-state index in [1.807, 2.05) is 0 Å². The van der Waals surface area contributed by atoms with Gasteiger partial charge >= 0.3 is 5.97 Å². The Kier molecular flexibility index (Phi) is 8.22. The Morgan fingerprint density at radius 1 is 1.38 bits per heavy atom. The van der Waals surface area contributed by atoms with Gasteiger partial charge in [0.15, 0.2) is 0 Å². The van der Waals surface area contributed by atoms with Crippen LogP contribution in [0.15, 0.2) is 0 Å². The SMILES string of the molecule is CCCNC(C)(CCCCN(CCOC)C1CC1)C(=O)O. The number of carbonyl (C=O) groups is 1. The summed E-state index contributed by atoms with van der Waals surface area (Å²) >= 11 is 0. The van der Waals surface area contributed by atoms with Crippen LogP contribution in [-0.2, 0) is 9.53 Å². The highest BCUT2D eigenvalue weighted by molar-refractivity contribution is 5.78. The molecule has 0 heterocycles. The second kappa shape index (κ2) is 9.38. The van der Waals surface area contributed by atoms with Crippen molar-refractivity contribution in [2.45, 2.75) is 64.0 Å². The first-order valence-corrected chi connectivity index (χ1v) is 8.25. The Morgan fingerprint density at radius 2 is 2.10 bits per heavy atom. The molecule has 0 radical (unpaired) electrons. The molecule has 0 bridgehead atoms. The van der Waals surface area contributed by atoms with Crippen molar-refractivity contribution in [3.05, 3.63) is 0 Å². The van der Waals surface area contributed by atoms with Gasteiger partial charge < -0.3 is 15.2 Å². The molecular weight excluding hydrogens is 268 g/mol. The number of carboxylic acids is 1. The summed E-state index contributed by atoms with van der Waals surface area (Å²) in [4.78, 5) is 13.9. The molecule has 0 aromatic heterocycles. The van der Waals surface area contributed by atoms with Crippen LogP contribution >= 0.6 is 0 Å². The highest BCUT2D eigenvalue weighted by Crippen LogP contribution is 2.27. The van der Waals surface area contributed by atoms with Crippen molar-refractivity contribution in [1.82, 2.24) is 10.2 Å². The Morgan fingerprint density at radius 3 is 2.62 bits per heavy atom. The Balaban J connectivity index is 2.27. The predicted molar refractivity (Wildman–Crippen MR) is 84.7 cm³/mol. The zero-order valence-electron chi connectivity index (χ0n) is 13.9. The molecule has 1 fully saturated rings. The summed E-state index contributed by atoms with van der Waals surface area (Å²) in [5.41, 5.74) is -0.785. The van der Waals surface area contributed by atoms with Gasteiger partial charge in [0.1, 0.15) is 5.54 Å². The summed E-state index contributed by atoms with van der Waals surface area (Å²) in [5, 5.41) is 12.6. The minimum Gasteiger partial charge on any atom is -0.480 e. The molecule has 21 heavy (non-hydrogen) atoms. The number of ether oxygens (including phenoxy) is 1. The molecule has 0 saturated heterocycles. The van der Waals surface area contributed by atoms with Gasteiger partial charge in [-0.05, 0) is 58.5 Å². The van der Waals surface area contributed by atoms with E-state index in [1.54, 1.807) is 14.0 Å². The van der Waals surface area contributed by atoms with Gasteiger partial charge in [-0.15, -0.1) is 0 Å². The van der Waals surface area contributed by atoms with Crippen molar-refractivity contribution in [2.24, 2.45) is 0 Å². The standard InChI is InChI=1S/C16H32N2O3/c1-4-10-17-16(2,15(19)20)9-5-6-11-18(12-13-21-3)14-7-8-14/h14,17H,4-13H2,1-3H3,(H,19,20). The number of carboxylic acid groups (broad SMARTS) is 1. The van der Waals surface area contributed by atoms with Gasteiger partial charge in [-0.3, -0.25) is 9.69 Å². The lowest BCUT2D eigenvalue weighted by atomic mass is 9.94. The average molecular weight is 300 g/mol. The fourth-order valence-electron chi connectivity index (χ4n) is 2.59. The van der Waals surface area contributed by atoms with E-state index in [2.05, 4.69) is 17.1 Å². The number of methoxy groups -OCH3 is 1. The zero-order chi connectivity index (χ0) is 15.7. The fourth-order valence-corrected chi connectivity index (χ4v) is 2.59. The van der Waals surface area contributed by atoms with Crippen molar-refractivity contribution in [1.29, 1.82) is 0 Å². The van der Waals surface area contributed by atoms with Gasteiger partial charge in [0.2, 0.25) is 0 Å². The third-order valence-electron chi connectivity index (χ3n) is 4.26. The third-order valence-corrected chi connectivity index (χ3v) is 4.26. The number of aliphatic carboxylic acids is 1. The maximum atomic E-state index is 11.4. The molecule has 1 unspecified atom stereocenters. The molecule has 1 atom stereocenters. The first-order chi connectivity index (χ1) is 10.0. The first-order valence-electron chi connectivity index (χ1n) is 8.25. The van der Waals surface area contributed by atoms with Crippen molar-refractivity contribution in [2.75, 3.05) is 33.4 Å². The molecule has 1 aliphatic carbocycles. The van der Waals surface area contributed by atoms with Crippen molar-refractivity contribution < 1.29 is 14.6 Å². The van der Waals surface area contributed by atoms with Gasteiger partial charge in [-0.25, -0.2) is 0 Å². The molecule has 1 rings (SSSR count). The lowest BCUT2D eigenvalue weighted by Gasteiger charge is -2.27. The van der Waals surface area contributed by atoms with E-state index in [4.69, 9.17) is 4.74 Å². The predicted octanol–water partition coefficient (Wildman–Crippen LogP) is 2.11. The number of hydrogen-bond donors (Lipinski definition) is 2. The molecule has 0 spiro atoms. The Hall–Kier alpha value is -0.650. The third kappa shape index (κ3) is 6.76. The zero-order valence-corrected chi connectivity index (χ0v) is 13.9. The van der Waals surface area contributed by atoms with Crippen LogP contribution in [0.1, 0.15) is 52.4 Å². The van der Waals surface area contributed by atoms with Crippen molar-refractivity contribution in [3.63, 3.8) is 0 Å². The van der Waals surface area contributed by atoms with Crippen LogP contribution in [0, 0.1) is 0 Å². The lowest BCUT2D eigenvalue weighted by Crippen LogP contribution is -2.49. The van der Waals surface area contributed by atoms with Crippen LogP contribution in [0.3, 0.4) is 0 Å². The maximum Gasteiger partial charge on any atom is 0.323 e. The molecule has 0 aromatic carbocycles. The maximum absolute atomic E-state index is 11.4. The van der Waals surface area contributed by atoms with E-state index in [0.29, 0.717) is 6.42 Å². The van der Waals surface area contributed by atoms with E-state index in [9.17, 15) is 9.90 Å². The fraction of sp³-hybridized carbons (Fsp3) is 0.938. The number of unbranched alkanes of at least 4 members (excludes halogenated alkanes) is 1. The number of hydrogen-bond acceptors (Lipinski definition) is 4. The normalized spacial score (nSPS) is 17.9. The van der Waals surface area contributed by atoms with Crippen LogP contribution in [0.4, 0.5) is 0 Å². The van der Waals surface area contributed by atoms with E-state index in [1.165, 1.54) is 12.8 Å².